The molecular weight excluding hydrogens is 262 g/mol. The maximum atomic E-state index is 12.0. The molecule has 2 aromatic rings. The zero-order valence-electron chi connectivity index (χ0n) is 10.1. The van der Waals surface area contributed by atoms with Crippen LogP contribution in [-0.4, -0.2) is 10.9 Å². The van der Waals surface area contributed by atoms with Gasteiger partial charge in [0.1, 0.15) is 5.69 Å². The van der Waals surface area contributed by atoms with Crippen LogP contribution in [0.15, 0.2) is 36.4 Å². The molecule has 1 N–H and O–H groups in total. The number of rotatable bonds is 2. The van der Waals surface area contributed by atoms with Gasteiger partial charge in [-0.25, -0.2) is 4.98 Å². The minimum atomic E-state index is -0.338. The van der Waals surface area contributed by atoms with E-state index in [-0.39, 0.29) is 5.91 Å². The Morgan fingerprint density at radius 2 is 2.16 bits per heavy atom. The predicted octanol–water partition coefficient (Wildman–Crippen LogP) is 3.17. The monoisotopic (exact) mass is 271 g/mol. The summed E-state index contributed by atoms with van der Waals surface area (Å²) < 4.78 is 0. The molecule has 1 amide bonds. The highest BCUT2D eigenvalue weighted by atomic mass is 35.5. The number of anilines is 1. The average Bonchev–Trinajstić information content (AvgIpc) is 2.41. The number of hydrogen-bond acceptors (Lipinski definition) is 3. The fourth-order valence-electron chi connectivity index (χ4n) is 1.54. The lowest BCUT2D eigenvalue weighted by atomic mass is 10.2. The van der Waals surface area contributed by atoms with Crippen LogP contribution in [0.4, 0.5) is 5.69 Å². The molecule has 0 unspecified atom stereocenters. The Kier molecular flexibility index (Phi) is 3.79. The summed E-state index contributed by atoms with van der Waals surface area (Å²) in [5.74, 6) is -0.338. The average molecular weight is 272 g/mol. The lowest BCUT2D eigenvalue weighted by Crippen LogP contribution is -2.14. The van der Waals surface area contributed by atoms with Crippen molar-refractivity contribution < 1.29 is 4.79 Å². The highest BCUT2D eigenvalue weighted by Gasteiger charge is 2.10. The van der Waals surface area contributed by atoms with Crippen molar-refractivity contribution in [2.45, 2.75) is 6.92 Å². The Balaban J connectivity index is 2.22. The first-order valence-corrected chi connectivity index (χ1v) is 5.92. The van der Waals surface area contributed by atoms with Crippen molar-refractivity contribution in [2.75, 3.05) is 5.32 Å². The second kappa shape index (κ2) is 5.51. The van der Waals surface area contributed by atoms with Gasteiger partial charge in [0.25, 0.3) is 5.91 Å². The smallest absolute Gasteiger partial charge is 0.274 e. The molecule has 19 heavy (non-hydrogen) atoms. The second-order valence-electron chi connectivity index (χ2n) is 3.92. The van der Waals surface area contributed by atoms with E-state index in [1.165, 1.54) is 6.07 Å². The van der Waals surface area contributed by atoms with E-state index in [0.717, 1.165) is 5.69 Å². The van der Waals surface area contributed by atoms with Gasteiger partial charge in [0.15, 0.2) is 0 Å². The number of carbonyl (C=O) groups is 1. The Morgan fingerprint density at radius 1 is 1.37 bits per heavy atom. The quantitative estimate of drug-likeness (QED) is 0.912. The van der Waals surface area contributed by atoms with Gasteiger partial charge in [0.05, 0.1) is 22.3 Å². The van der Waals surface area contributed by atoms with Crippen molar-refractivity contribution in [3.63, 3.8) is 0 Å². The second-order valence-corrected chi connectivity index (χ2v) is 4.33. The fraction of sp³-hybridized carbons (Fsp3) is 0.0714. The summed E-state index contributed by atoms with van der Waals surface area (Å²) in [5.41, 5.74) is 1.98. The van der Waals surface area contributed by atoms with Gasteiger partial charge in [-0.2, -0.15) is 5.26 Å². The molecule has 4 nitrogen and oxygen atoms in total. The molecular formula is C14H10ClN3O. The predicted molar refractivity (Wildman–Crippen MR) is 73.1 cm³/mol. The molecule has 0 aliphatic carbocycles. The van der Waals surface area contributed by atoms with E-state index in [0.29, 0.717) is 22.0 Å². The van der Waals surface area contributed by atoms with Crippen LogP contribution in [0.1, 0.15) is 21.7 Å². The summed E-state index contributed by atoms with van der Waals surface area (Å²) in [6, 6.07) is 11.9. The van der Waals surface area contributed by atoms with Gasteiger partial charge < -0.3 is 5.32 Å². The highest BCUT2D eigenvalue weighted by molar-refractivity contribution is 6.34. The summed E-state index contributed by atoms with van der Waals surface area (Å²) in [6.45, 7) is 1.81. The zero-order valence-corrected chi connectivity index (χ0v) is 10.9. The van der Waals surface area contributed by atoms with E-state index in [1.54, 1.807) is 24.3 Å². The van der Waals surface area contributed by atoms with Crippen LogP contribution >= 0.6 is 11.6 Å². The molecule has 0 atom stereocenters. The van der Waals surface area contributed by atoms with Crippen molar-refractivity contribution in [3.05, 3.63) is 58.4 Å². The van der Waals surface area contributed by atoms with Gasteiger partial charge in [0.2, 0.25) is 0 Å². The van der Waals surface area contributed by atoms with Crippen LogP contribution in [0.5, 0.6) is 0 Å². The van der Waals surface area contributed by atoms with E-state index in [2.05, 4.69) is 10.3 Å². The zero-order chi connectivity index (χ0) is 13.8. The summed E-state index contributed by atoms with van der Waals surface area (Å²) in [6.07, 6.45) is 0. The van der Waals surface area contributed by atoms with Gasteiger partial charge in [0, 0.05) is 5.69 Å². The summed E-state index contributed by atoms with van der Waals surface area (Å²) >= 11 is 5.98. The first-order chi connectivity index (χ1) is 9.10. The molecule has 0 radical (unpaired) electrons. The van der Waals surface area contributed by atoms with Gasteiger partial charge in [-0.15, -0.1) is 0 Å². The molecule has 0 saturated heterocycles. The SMILES string of the molecule is Cc1cccc(C(=O)Nc2ccc(C#N)cc2Cl)n1. The largest absolute Gasteiger partial charge is 0.319 e. The lowest BCUT2D eigenvalue weighted by Gasteiger charge is -2.07. The molecule has 0 aliphatic rings. The van der Waals surface area contributed by atoms with Crippen LogP contribution in [-0.2, 0) is 0 Å². The van der Waals surface area contributed by atoms with E-state index in [4.69, 9.17) is 16.9 Å². The number of amides is 1. The highest BCUT2D eigenvalue weighted by Crippen LogP contribution is 2.23. The molecule has 0 bridgehead atoms. The third-order valence-electron chi connectivity index (χ3n) is 2.47. The van der Waals surface area contributed by atoms with Crippen LogP contribution in [0.2, 0.25) is 5.02 Å². The molecule has 1 heterocycles. The maximum Gasteiger partial charge on any atom is 0.274 e. The number of halogens is 1. The van der Waals surface area contributed by atoms with Crippen LogP contribution in [0.25, 0.3) is 0 Å². The first-order valence-electron chi connectivity index (χ1n) is 5.55. The van der Waals surface area contributed by atoms with Crippen molar-refractivity contribution in [3.8, 4) is 6.07 Å². The minimum Gasteiger partial charge on any atom is -0.319 e. The fourth-order valence-corrected chi connectivity index (χ4v) is 1.77. The molecule has 0 spiro atoms. The Labute approximate surface area is 115 Å². The molecule has 94 valence electrons. The molecule has 2 rings (SSSR count). The Hall–Kier alpha value is -2.38. The number of pyridine rings is 1. The lowest BCUT2D eigenvalue weighted by molar-refractivity contribution is 0.102. The van der Waals surface area contributed by atoms with E-state index < -0.39 is 0 Å². The van der Waals surface area contributed by atoms with Gasteiger partial charge in [-0.05, 0) is 37.3 Å². The van der Waals surface area contributed by atoms with Gasteiger partial charge in [-0.1, -0.05) is 17.7 Å². The topological polar surface area (TPSA) is 65.8 Å². The third-order valence-corrected chi connectivity index (χ3v) is 2.78. The number of aromatic nitrogens is 1. The molecule has 1 aromatic heterocycles. The van der Waals surface area contributed by atoms with Crippen LogP contribution in [0.3, 0.4) is 0 Å². The third kappa shape index (κ3) is 3.09. The van der Waals surface area contributed by atoms with Gasteiger partial charge in [-0.3, -0.25) is 4.79 Å². The number of benzene rings is 1. The summed E-state index contributed by atoms with van der Waals surface area (Å²) in [4.78, 5) is 16.1. The number of nitriles is 1. The molecule has 1 aromatic carbocycles. The molecule has 0 saturated carbocycles. The number of hydrogen-bond donors (Lipinski definition) is 1. The summed E-state index contributed by atoms with van der Waals surface area (Å²) in [5, 5.41) is 11.7. The Bertz CT molecular complexity index is 677. The van der Waals surface area contributed by atoms with Crippen molar-refractivity contribution in [1.29, 1.82) is 5.26 Å². The Morgan fingerprint density at radius 3 is 2.79 bits per heavy atom. The van der Waals surface area contributed by atoms with Crippen molar-refractivity contribution >= 4 is 23.2 Å². The van der Waals surface area contributed by atoms with Gasteiger partial charge >= 0.3 is 0 Å². The normalized spacial score (nSPS) is 9.74. The molecule has 0 fully saturated rings. The summed E-state index contributed by atoms with van der Waals surface area (Å²) in [7, 11) is 0. The van der Waals surface area contributed by atoms with E-state index in [1.807, 2.05) is 19.1 Å². The van der Waals surface area contributed by atoms with E-state index >= 15 is 0 Å². The van der Waals surface area contributed by atoms with E-state index in [9.17, 15) is 4.79 Å². The van der Waals surface area contributed by atoms with Crippen molar-refractivity contribution in [1.82, 2.24) is 4.98 Å². The number of nitrogens with one attached hydrogen (secondary N) is 1. The van der Waals surface area contributed by atoms with Crippen LogP contribution in [0, 0.1) is 18.3 Å². The first kappa shape index (κ1) is 13.1. The van der Waals surface area contributed by atoms with Crippen LogP contribution < -0.4 is 5.32 Å². The molecule has 5 heteroatoms. The number of aryl methyl sites for hydroxylation is 1. The molecule has 0 aliphatic heterocycles. The van der Waals surface area contributed by atoms with Crippen molar-refractivity contribution in [2.24, 2.45) is 0 Å². The minimum absolute atomic E-state index is 0.319. The number of carbonyl (C=O) groups excluding carboxylic acids is 1. The maximum absolute atomic E-state index is 12.0. The number of nitrogens with zero attached hydrogens (tertiary/aromatic N) is 2. The standard InChI is InChI=1S/C14H10ClN3O/c1-9-3-2-4-13(17-9)14(19)18-12-6-5-10(8-16)7-11(12)15/h2-7H,1H3,(H,18,19).